The van der Waals surface area contributed by atoms with Gasteiger partial charge in [0.15, 0.2) is 0 Å². The lowest BCUT2D eigenvalue weighted by Gasteiger charge is -2.15. The van der Waals surface area contributed by atoms with E-state index in [1.807, 2.05) is 0 Å². The number of nitrogens with one attached hydrogen (secondary N) is 2. The summed E-state index contributed by atoms with van der Waals surface area (Å²) in [5, 5.41) is 6.08. The number of carbonyl (C=O) groups excluding carboxylic acids is 1. The average molecular weight is 373 g/mol. The van der Waals surface area contributed by atoms with Crippen LogP contribution in [0.4, 0.5) is 10.1 Å². The standard InChI is InChI=1S/C18H25FN2O3.ClH/c19-14-4-5-17(24-12-15-2-1-9-23-15)16(10-14)21-18(22)6-3-13-7-8-20-11-13;/h4-5,10,13,15,20H,1-3,6-9,11-12H2,(H,21,22);1H. The molecule has 2 aliphatic heterocycles. The molecule has 0 aromatic heterocycles. The van der Waals surface area contributed by atoms with E-state index in [9.17, 15) is 9.18 Å². The van der Waals surface area contributed by atoms with Crippen LogP contribution in [0, 0.1) is 11.7 Å². The van der Waals surface area contributed by atoms with Gasteiger partial charge in [0.05, 0.1) is 11.8 Å². The van der Waals surface area contributed by atoms with Gasteiger partial charge in [0.1, 0.15) is 18.2 Å². The fraction of sp³-hybridized carbons (Fsp3) is 0.611. The van der Waals surface area contributed by atoms with Crippen molar-refractivity contribution in [2.24, 2.45) is 5.92 Å². The minimum absolute atomic E-state index is 0. The number of halogens is 2. The number of hydrogen-bond acceptors (Lipinski definition) is 4. The fourth-order valence-electron chi connectivity index (χ4n) is 3.19. The normalized spacial score (nSPS) is 22.4. The second-order valence-corrected chi connectivity index (χ2v) is 6.53. The van der Waals surface area contributed by atoms with Crippen LogP contribution in [0.1, 0.15) is 32.1 Å². The molecule has 5 nitrogen and oxygen atoms in total. The van der Waals surface area contributed by atoms with E-state index in [1.54, 1.807) is 6.07 Å². The molecule has 2 fully saturated rings. The van der Waals surface area contributed by atoms with E-state index < -0.39 is 5.82 Å². The fourth-order valence-corrected chi connectivity index (χ4v) is 3.19. The molecule has 1 aromatic carbocycles. The molecule has 2 heterocycles. The lowest BCUT2D eigenvalue weighted by atomic mass is 10.0. The minimum Gasteiger partial charge on any atom is -0.489 e. The third kappa shape index (κ3) is 6.13. The molecule has 1 aromatic rings. The van der Waals surface area contributed by atoms with Crippen molar-refractivity contribution in [2.75, 3.05) is 31.6 Å². The maximum absolute atomic E-state index is 13.5. The van der Waals surface area contributed by atoms with E-state index in [-0.39, 0.29) is 24.4 Å². The summed E-state index contributed by atoms with van der Waals surface area (Å²) >= 11 is 0. The molecule has 0 spiro atoms. The largest absolute Gasteiger partial charge is 0.489 e. The highest BCUT2D eigenvalue weighted by molar-refractivity contribution is 5.92. The Balaban J connectivity index is 0.00000225. The Morgan fingerprint density at radius 2 is 2.28 bits per heavy atom. The van der Waals surface area contributed by atoms with Crippen molar-refractivity contribution in [1.29, 1.82) is 0 Å². The first-order valence-electron chi connectivity index (χ1n) is 8.75. The number of benzene rings is 1. The van der Waals surface area contributed by atoms with Gasteiger partial charge < -0.3 is 20.1 Å². The second-order valence-electron chi connectivity index (χ2n) is 6.53. The van der Waals surface area contributed by atoms with Gasteiger partial charge in [-0.2, -0.15) is 0 Å². The van der Waals surface area contributed by atoms with E-state index in [1.165, 1.54) is 12.1 Å². The molecule has 1 amide bonds. The molecule has 2 aliphatic rings. The summed E-state index contributed by atoms with van der Waals surface area (Å²) in [6, 6.07) is 4.20. The number of rotatable bonds is 7. The van der Waals surface area contributed by atoms with Crippen LogP contribution in [0.15, 0.2) is 18.2 Å². The summed E-state index contributed by atoms with van der Waals surface area (Å²) in [7, 11) is 0. The molecule has 0 radical (unpaired) electrons. The molecule has 0 saturated carbocycles. The molecular weight excluding hydrogens is 347 g/mol. The maximum Gasteiger partial charge on any atom is 0.224 e. The van der Waals surface area contributed by atoms with E-state index in [2.05, 4.69) is 10.6 Å². The molecule has 0 aliphatic carbocycles. The van der Waals surface area contributed by atoms with Crippen molar-refractivity contribution < 1.29 is 18.7 Å². The maximum atomic E-state index is 13.5. The molecule has 140 valence electrons. The van der Waals surface area contributed by atoms with Crippen LogP contribution < -0.4 is 15.4 Å². The van der Waals surface area contributed by atoms with Gasteiger partial charge in [-0.15, -0.1) is 12.4 Å². The Bertz CT molecular complexity index is 561. The SMILES string of the molecule is Cl.O=C(CCC1CCNC1)Nc1cc(F)ccc1OCC1CCCO1. The lowest BCUT2D eigenvalue weighted by Crippen LogP contribution is -2.18. The summed E-state index contributed by atoms with van der Waals surface area (Å²) in [4.78, 5) is 12.2. The highest BCUT2D eigenvalue weighted by Crippen LogP contribution is 2.27. The summed E-state index contributed by atoms with van der Waals surface area (Å²) in [6.07, 6.45) is 4.49. The summed E-state index contributed by atoms with van der Waals surface area (Å²) in [5.74, 6) is 0.547. The lowest BCUT2D eigenvalue weighted by molar-refractivity contribution is -0.116. The van der Waals surface area contributed by atoms with Gasteiger partial charge >= 0.3 is 0 Å². The van der Waals surface area contributed by atoms with Crippen molar-refractivity contribution in [2.45, 2.75) is 38.2 Å². The predicted octanol–water partition coefficient (Wildman–Crippen LogP) is 3.13. The summed E-state index contributed by atoms with van der Waals surface area (Å²) in [6.45, 7) is 3.18. The number of ether oxygens (including phenoxy) is 2. The van der Waals surface area contributed by atoms with Crippen LogP contribution >= 0.6 is 12.4 Å². The Labute approximate surface area is 154 Å². The highest BCUT2D eigenvalue weighted by Gasteiger charge is 2.19. The number of amides is 1. The van der Waals surface area contributed by atoms with Gasteiger partial charge in [0.25, 0.3) is 0 Å². The third-order valence-corrected chi connectivity index (χ3v) is 4.61. The first-order chi connectivity index (χ1) is 11.7. The van der Waals surface area contributed by atoms with Crippen molar-refractivity contribution >= 4 is 24.0 Å². The van der Waals surface area contributed by atoms with Crippen LogP contribution in [-0.4, -0.2) is 38.3 Å². The van der Waals surface area contributed by atoms with Gasteiger partial charge in [-0.1, -0.05) is 0 Å². The van der Waals surface area contributed by atoms with Crippen molar-refractivity contribution in [3.05, 3.63) is 24.0 Å². The van der Waals surface area contributed by atoms with Crippen LogP contribution in [0.3, 0.4) is 0 Å². The van der Waals surface area contributed by atoms with Crippen molar-refractivity contribution in [3.8, 4) is 5.75 Å². The van der Waals surface area contributed by atoms with Crippen LogP contribution in [0.5, 0.6) is 5.75 Å². The Hall–Kier alpha value is -1.37. The Kier molecular flexibility index (Phi) is 7.93. The summed E-state index contributed by atoms with van der Waals surface area (Å²) in [5.41, 5.74) is 0.391. The van der Waals surface area contributed by atoms with Crippen LogP contribution in [0.25, 0.3) is 0 Å². The molecule has 25 heavy (non-hydrogen) atoms. The van der Waals surface area contributed by atoms with Gasteiger partial charge in [-0.05, 0) is 56.8 Å². The monoisotopic (exact) mass is 372 g/mol. The topological polar surface area (TPSA) is 59.6 Å². The van der Waals surface area contributed by atoms with Crippen LogP contribution in [0.2, 0.25) is 0 Å². The van der Waals surface area contributed by atoms with E-state index in [4.69, 9.17) is 9.47 Å². The summed E-state index contributed by atoms with van der Waals surface area (Å²) < 4.78 is 24.8. The third-order valence-electron chi connectivity index (χ3n) is 4.61. The average Bonchev–Trinajstić information content (AvgIpc) is 3.26. The van der Waals surface area contributed by atoms with Gasteiger partial charge in [-0.3, -0.25) is 4.79 Å². The van der Waals surface area contributed by atoms with Gasteiger partial charge in [0, 0.05) is 19.1 Å². The molecule has 2 atom stereocenters. The van der Waals surface area contributed by atoms with E-state index in [0.717, 1.165) is 45.4 Å². The molecule has 2 unspecified atom stereocenters. The molecule has 7 heteroatoms. The molecular formula is C18H26ClFN2O3. The number of anilines is 1. The molecule has 0 bridgehead atoms. The van der Waals surface area contributed by atoms with Gasteiger partial charge in [-0.25, -0.2) is 4.39 Å². The number of carbonyl (C=O) groups is 1. The van der Waals surface area contributed by atoms with Gasteiger partial charge in [0.2, 0.25) is 5.91 Å². The quantitative estimate of drug-likeness (QED) is 0.772. The highest BCUT2D eigenvalue weighted by atomic mass is 35.5. The zero-order valence-electron chi connectivity index (χ0n) is 14.3. The first-order valence-corrected chi connectivity index (χ1v) is 8.75. The molecule has 2 saturated heterocycles. The number of hydrogen-bond donors (Lipinski definition) is 2. The van der Waals surface area contributed by atoms with Crippen molar-refractivity contribution in [3.63, 3.8) is 0 Å². The Morgan fingerprint density at radius 3 is 3.00 bits per heavy atom. The van der Waals surface area contributed by atoms with E-state index in [0.29, 0.717) is 30.4 Å². The molecule has 2 N–H and O–H groups in total. The first kappa shape index (κ1) is 19.9. The van der Waals surface area contributed by atoms with E-state index >= 15 is 0 Å². The minimum atomic E-state index is -0.394. The predicted molar refractivity (Wildman–Crippen MR) is 97.0 cm³/mol. The van der Waals surface area contributed by atoms with Crippen LogP contribution in [-0.2, 0) is 9.53 Å². The van der Waals surface area contributed by atoms with Crippen molar-refractivity contribution in [1.82, 2.24) is 5.32 Å². The molecule has 3 rings (SSSR count). The smallest absolute Gasteiger partial charge is 0.224 e. The Morgan fingerprint density at radius 1 is 1.40 bits per heavy atom. The zero-order chi connectivity index (χ0) is 16.8. The second kappa shape index (κ2) is 9.94. The zero-order valence-corrected chi connectivity index (χ0v) is 15.1.